The maximum Gasteiger partial charge on any atom is 0.573 e. The highest BCUT2D eigenvalue weighted by molar-refractivity contribution is 7.17. The summed E-state index contributed by atoms with van der Waals surface area (Å²) in [5, 5.41) is 14.7. The normalized spacial score (nSPS) is 13.6. The van der Waals surface area contributed by atoms with Crippen LogP contribution in [0.25, 0.3) is 11.3 Å². The van der Waals surface area contributed by atoms with Crippen molar-refractivity contribution in [2.75, 3.05) is 73.3 Å². The number of para-hydroxylation sites is 1. The molecule has 1 saturated heterocycles. The summed E-state index contributed by atoms with van der Waals surface area (Å²) in [5.41, 5.74) is 9.12. The van der Waals surface area contributed by atoms with Crippen LogP contribution < -0.4 is 42.5 Å². The second kappa shape index (κ2) is 23.2. The number of nitrogens with zero attached hydrogens (tertiary/aromatic N) is 8. The third-order valence-electron chi connectivity index (χ3n) is 12.5. The van der Waals surface area contributed by atoms with E-state index in [2.05, 4.69) is 55.7 Å². The number of nitrogens with two attached hydrogens (primary N) is 2. The minimum atomic E-state index is -4.79. The zero-order chi connectivity index (χ0) is 52.5. The average Bonchev–Trinajstić information content (AvgIpc) is 3.82. The number of aryl methyl sites for hydroxylation is 2. The van der Waals surface area contributed by atoms with Crippen molar-refractivity contribution in [3.63, 3.8) is 0 Å². The van der Waals surface area contributed by atoms with Gasteiger partial charge in [-0.1, -0.05) is 61.1 Å². The highest BCUT2D eigenvalue weighted by Crippen LogP contribution is 2.35. The van der Waals surface area contributed by atoms with Crippen molar-refractivity contribution in [2.24, 2.45) is 17.0 Å². The number of nitrogens with one attached hydrogen (secondary N) is 4. The van der Waals surface area contributed by atoms with Gasteiger partial charge in [-0.25, -0.2) is 30.8 Å². The summed E-state index contributed by atoms with van der Waals surface area (Å²) in [6.45, 7) is 16.4. The van der Waals surface area contributed by atoms with Crippen LogP contribution in [0.3, 0.4) is 0 Å². The van der Waals surface area contributed by atoms with Gasteiger partial charge in [0.15, 0.2) is 5.13 Å². The molecule has 0 aliphatic carbocycles. The number of anilines is 6. The molecule has 1 aliphatic heterocycles. The third kappa shape index (κ3) is 14.5. The quantitative estimate of drug-likeness (QED) is 0.0239. The Morgan fingerprint density at radius 2 is 1.63 bits per heavy atom. The highest BCUT2D eigenvalue weighted by atomic mass is 35.5. The molecule has 3 aromatic heterocycles. The summed E-state index contributed by atoms with van der Waals surface area (Å²) in [7, 11) is 0. The predicted molar refractivity (Wildman–Crippen MR) is 278 cm³/mol. The van der Waals surface area contributed by atoms with Crippen LogP contribution >= 0.6 is 22.9 Å². The number of carbonyl (C=O) groups is 2. The van der Waals surface area contributed by atoms with E-state index in [1.165, 1.54) is 48.1 Å². The van der Waals surface area contributed by atoms with Gasteiger partial charge in [-0.3, -0.25) is 14.5 Å². The fourth-order valence-corrected chi connectivity index (χ4v) is 8.50. The van der Waals surface area contributed by atoms with Crippen molar-refractivity contribution < 1.29 is 32.2 Å². The van der Waals surface area contributed by atoms with Crippen LogP contribution in [0.2, 0.25) is 5.02 Å². The van der Waals surface area contributed by atoms with Gasteiger partial charge in [0, 0.05) is 79.8 Å². The number of carbonyl (C=O) groups excluding carboxylic acids is 2. The van der Waals surface area contributed by atoms with E-state index in [4.69, 9.17) is 32.9 Å². The molecule has 3 aromatic carbocycles. The summed E-state index contributed by atoms with van der Waals surface area (Å²) in [5.74, 6) is 8.03. The number of thiazole rings is 1. The van der Waals surface area contributed by atoms with E-state index in [1.807, 2.05) is 65.8 Å². The zero-order valence-corrected chi connectivity index (χ0v) is 42.8. The van der Waals surface area contributed by atoms with Crippen molar-refractivity contribution in [3.8, 4) is 17.0 Å². The SMILES string of the molecule is Cc1nc(Nc2ncc(C(=O)Nc3c(C)cccc3Cl)s2)cc(N2CCN(CCOC/C(N)=C/N(N)C(C)(C)C(C)(C)CNC(=O)c3cccc(-c4cc(Nc5ccc(OC(F)(F)F)cc5)ncn4)c3)CC2)n1. The van der Waals surface area contributed by atoms with E-state index in [1.54, 1.807) is 41.5 Å². The molecule has 7 rings (SSSR count). The first-order chi connectivity index (χ1) is 34.6. The van der Waals surface area contributed by atoms with Crippen LogP contribution in [0.15, 0.2) is 103 Å². The lowest BCUT2D eigenvalue weighted by atomic mass is 9.74. The Hall–Kier alpha value is -7.11. The minimum Gasteiger partial charge on any atom is -0.406 e. The number of amides is 2. The van der Waals surface area contributed by atoms with Crippen molar-refractivity contribution in [2.45, 2.75) is 53.4 Å². The molecule has 8 N–H and O–H groups in total. The van der Waals surface area contributed by atoms with Crippen LogP contribution in [-0.4, -0.2) is 111 Å². The van der Waals surface area contributed by atoms with Crippen molar-refractivity contribution in [1.29, 1.82) is 0 Å². The highest BCUT2D eigenvalue weighted by Gasteiger charge is 2.40. The van der Waals surface area contributed by atoms with Gasteiger partial charge in [0.05, 0.1) is 47.1 Å². The van der Waals surface area contributed by atoms with Crippen molar-refractivity contribution in [1.82, 2.24) is 40.1 Å². The van der Waals surface area contributed by atoms with E-state index < -0.39 is 17.3 Å². The fraction of sp³-hybridized carbons (Fsp3) is 0.340. The lowest BCUT2D eigenvalue weighted by Crippen LogP contribution is -2.58. The van der Waals surface area contributed by atoms with Gasteiger partial charge >= 0.3 is 6.36 Å². The van der Waals surface area contributed by atoms with Crippen LogP contribution in [0.1, 0.15) is 59.1 Å². The van der Waals surface area contributed by atoms with E-state index in [0.29, 0.717) is 79.5 Å². The third-order valence-corrected chi connectivity index (χ3v) is 13.7. The maximum absolute atomic E-state index is 13.5. The lowest BCUT2D eigenvalue weighted by Gasteiger charge is -2.47. The largest absolute Gasteiger partial charge is 0.573 e. The molecular formula is C50H58ClF3N14O4S. The predicted octanol–water partition coefficient (Wildman–Crippen LogP) is 8.65. The van der Waals surface area contributed by atoms with Gasteiger partial charge < -0.3 is 46.4 Å². The smallest absolute Gasteiger partial charge is 0.406 e. The number of ether oxygens (including phenoxy) is 2. The topological polar surface area (TPSA) is 227 Å². The number of hydrogen-bond donors (Lipinski definition) is 6. The van der Waals surface area contributed by atoms with E-state index in [0.717, 1.165) is 37.6 Å². The first-order valence-electron chi connectivity index (χ1n) is 23.2. The number of rotatable bonds is 20. The van der Waals surface area contributed by atoms with Crippen LogP contribution in [0.5, 0.6) is 5.75 Å². The number of aromatic nitrogens is 5. The summed E-state index contributed by atoms with van der Waals surface area (Å²) in [6, 6.07) is 21.2. The molecule has 0 radical (unpaired) electrons. The molecule has 6 aromatic rings. The lowest BCUT2D eigenvalue weighted by molar-refractivity contribution is -0.274. The molecular weight excluding hydrogens is 985 g/mol. The Morgan fingerprint density at radius 1 is 0.890 bits per heavy atom. The minimum absolute atomic E-state index is 0.178. The van der Waals surface area contributed by atoms with Gasteiger partial charge in [0.1, 0.15) is 40.2 Å². The molecule has 73 heavy (non-hydrogen) atoms. The van der Waals surface area contributed by atoms with Crippen LogP contribution in [0.4, 0.5) is 47.1 Å². The zero-order valence-electron chi connectivity index (χ0n) is 41.2. The standard InChI is InChI=1S/C50H58ClF3N14O4S/c1-31-9-7-12-38(51)44(31)65-46(70)40-26-57-47(73-40)64-42-25-43(62-32(2)61-42)67-19-17-66(18-20-67)21-22-71-28-35(55)27-68(56)49(5,6)48(3,4)29-58-45(69)34-11-8-10-33(23-34)39-24-41(60-30-59-39)63-36-13-15-37(16-14-36)72-50(52,53)54/h7-16,23-27,30H,17-22,28-29,55-56H2,1-6H3,(H,58,69)(H,65,70)(H,59,60,63)(H,57,61,62,64)/b35-27-. The summed E-state index contributed by atoms with van der Waals surface area (Å²) in [6.07, 6.45) is -0.262. The van der Waals surface area contributed by atoms with Crippen LogP contribution in [-0.2, 0) is 4.74 Å². The summed E-state index contributed by atoms with van der Waals surface area (Å²) >= 11 is 7.52. The monoisotopic (exact) mass is 1040 g/mol. The molecule has 1 aliphatic rings. The summed E-state index contributed by atoms with van der Waals surface area (Å²) < 4.78 is 47.6. The van der Waals surface area contributed by atoms with Gasteiger partial charge in [-0.2, -0.15) is 0 Å². The van der Waals surface area contributed by atoms with Gasteiger partial charge in [0.2, 0.25) is 0 Å². The molecule has 1 fully saturated rings. The Labute approximate surface area is 430 Å². The van der Waals surface area contributed by atoms with E-state index in [9.17, 15) is 22.8 Å². The molecule has 4 heterocycles. The molecule has 0 bridgehead atoms. The van der Waals surface area contributed by atoms with Crippen molar-refractivity contribution in [3.05, 3.63) is 130 Å². The number of hydrogen-bond acceptors (Lipinski definition) is 17. The molecule has 2 amide bonds. The Bertz CT molecular complexity index is 2890. The van der Waals surface area contributed by atoms with E-state index >= 15 is 0 Å². The number of hydrazine groups is 1. The molecule has 0 saturated carbocycles. The molecule has 18 nitrogen and oxygen atoms in total. The van der Waals surface area contributed by atoms with E-state index in [-0.39, 0.29) is 30.7 Å². The van der Waals surface area contributed by atoms with Crippen LogP contribution in [0, 0.1) is 19.3 Å². The fourth-order valence-electron chi connectivity index (χ4n) is 7.51. The molecule has 386 valence electrons. The second-order valence-electron chi connectivity index (χ2n) is 18.4. The first-order valence-corrected chi connectivity index (χ1v) is 24.4. The number of benzene rings is 3. The summed E-state index contributed by atoms with van der Waals surface area (Å²) in [4.78, 5) is 53.7. The second-order valence-corrected chi connectivity index (χ2v) is 19.8. The first kappa shape index (κ1) is 53.7. The average molecular weight is 1040 g/mol. The van der Waals surface area contributed by atoms with Gasteiger partial charge in [-0.05, 0) is 75.7 Å². The molecule has 23 heteroatoms. The van der Waals surface area contributed by atoms with Gasteiger partial charge in [-0.15, -0.1) is 13.2 Å². The Kier molecular flexibility index (Phi) is 17.0. The molecule has 0 unspecified atom stereocenters. The molecule has 0 spiro atoms. The Balaban J connectivity index is 0.832. The number of halogens is 4. The maximum atomic E-state index is 13.5. The molecule has 0 atom stereocenters. The van der Waals surface area contributed by atoms with Crippen molar-refractivity contribution >= 4 is 68.7 Å². The number of alkyl halides is 3. The van der Waals surface area contributed by atoms with Gasteiger partial charge in [0.25, 0.3) is 11.8 Å². The number of piperazine rings is 1. The Morgan fingerprint density at radius 3 is 2.36 bits per heavy atom.